The summed E-state index contributed by atoms with van der Waals surface area (Å²) in [5, 5.41) is 16.1. The number of nitrogens with one attached hydrogen (secondary N) is 2. The van der Waals surface area contributed by atoms with Gasteiger partial charge >= 0.3 is 0 Å². The number of piperidine rings is 1. The molecular formula is C26H38N4O2. The Bertz CT molecular complexity index is 859. The lowest BCUT2D eigenvalue weighted by atomic mass is 9.97. The van der Waals surface area contributed by atoms with E-state index < -0.39 is 0 Å². The van der Waals surface area contributed by atoms with E-state index in [1.165, 1.54) is 22.4 Å². The number of hydrogen-bond acceptors (Lipinski definition) is 4. The van der Waals surface area contributed by atoms with Crippen LogP contribution in [0.5, 0.6) is 5.75 Å². The van der Waals surface area contributed by atoms with Gasteiger partial charge in [-0.1, -0.05) is 29.8 Å². The number of methoxy groups -OCH3 is 1. The molecule has 3 N–H and O–H groups in total. The predicted octanol–water partition coefficient (Wildman–Crippen LogP) is 3.51. The fourth-order valence-corrected chi connectivity index (χ4v) is 4.12. The first-order chi connectivity index (χ1) is 15.6. The minimum absolute atomic E-state index is 0.311. The highest BCUT2D eigenvalue weighted by Gasteiger charge is 2.18. The van der Waals surface area contributed by atoms with Crippen molar-refractivity contribution in [2.45, 2.75) is 39.7 Å². The van der Waals surface area contributed by atoms with Gasteiger partial charge in [0.05, 0.1) is 13.7 Å². The highest BCUT2D eigenvalue weighted by molar-refractivity contribution is 5.79. The van der Waals surface area contributed by atoms with Crippen LogP contribution < -0.4 is 20.3 Å². The molecule has 1 saturated heterocycles. The van der Waals surface area contributed by atoms with Gasteiger partial charge in [0.1, 0.15) is 5.75 Å². The van der Waals surface area contributed by atoms with Crippen LogP contribution in [0.1, 0.15) is 36.5 Å². The van der Waals surface area contributed by atoms with E-state index >= 15 is 0 Å². The summed E-state index contributed by atoms with van der Waals surface area (Å²) in [5.41, 5.74) is 4.89. The van der Waals surface area contributed by atoms with Crippen molar-refractivity contribution in [3.05, 3.63) is 59.2 Å². The minimum Gasteiger partial charge on any atom is -0.496 e. The zero-order valence-corrected chi connectivity index (χ0v) is 19.7. The minimum atomic E-state index is 0.311. The SMILES string of the molecule is CCNC(=NCc1ccc(N2CCC(CO)CC2)cc1)NCCc1cc(C)ccc1OC. The summed E-state index contributed by atoms with van der Waals surface area (Å²) in [6.45, 7) is 8.77. The molecule has 0 aliphatic carbocycles. The number of anilines is 1. The van der Waals surface area contributed by atoms with Crippen molar-refractivity contribution in [3.63, 3.8) is 0 Å². The lowest BCUT2D eigenvalue weighted by Crippen LogP contribution is -2.38. The van der Waals surface area contributed by atoms with Gasteiger partial charge in [0.2, 0.25) is 0 Å². The van der Waals surface area contributed by atoms with Crippen molar-refractivity contribution in [1.29, 1.82) is 0 Å². The topological polar surface area (TPSA) is 69.1 Å². The standard InChI is InChI=1S/C26H38N4O2/c1-4-27-26(28-14-11-23-17-20(2)5-10-25(23)32-3)29-18-21-6-8-24(9-7-21)30-15-12-22(19-31)13-16-30/h5-10,17,22,31H,4,11-16,18-19H2,1-3H3,(H2,27,28,29). The van der Waals surface area contributed by atoms with Crippen LogP contribution in [0.4, 0.5) is 5.69 Å². The maximum Gasteiger partial charge on any atom is 0.191 e. The number of aliphatic imine (C=N–C) groups is 1. The Hall–Kier alpha value is -2.73. The molecule has 1 fully saturated rings. The fourth-order valence-electron chi connectivity index (χ4n) is 4.12. The number of guanidine groups is 1. The zero-order valence-electron chi connectivity index (χ0n) is 19.7. The Labute approximate surface area is 192 Å². The van der Waals surface area contributed by atoms with E-state index in [4.69, 9.17) is 9.73 Å². The summed E-state index contributed by atoms with van der Waals surface area (Å²) in [6.07, 6.45) is 3.00. The van der Waals surface area contributed by atoms with Crippen LogP contribution in [0.15, 0.2) is 47.5 Å². The summed E-state index contributed by atoms with van der Waals surface area (Å²) in [4.78, 5) is 7.17. The van der Waals surface area contributed by atoms with Crippen LogP contribution in [-0.4, -0.2) is 51.0 Å². The summed E-state index contributed by atoms with van der Waals surface area (Å²) >= 11 is 0. The van der Waals surface area contributed by atoms with E-state index in [-0.39, 0.29) is 0 Å². The largest absolute Gasteiger partial charge is 0.496 e. The molecule has 0 aromatic heterocycles. The molecule has 3 rings (SSSR count). The van der Waals surface area contributed by atoms with Crippen LogP contribution in [0.3, 0.4) is 0 Å². The molecule has 174 valence electrons. The van der Waals surface area contributed by atoms with Gasteiger partial charge in [-0.15, -0.1) is 0 Å². The van der Waals surface area contributed by atoms with Gasteiger partial charge in [-0.2, -0.15) is 0 Å². The van der Waals surface area contributed by atoms with E-state index in [9.17, 15) is 5.11 Å². The number of aliphatic hydroxyl groups excluding tert-OH is 1. The molecule has 32 heavy (non-hydrogen) atoms. The number of ether oxygens (including phenoxy) is 1. The maximum absolute atomic E-state index is 9.33. The van der Waals surface area contributed by atoms with Gasteiger partial charge in [0.15, 0.2) is 5.96 Å². The molecule has 6 heteroatoms. The molecule has 0 unspecified atom stereocenters. The molecule has 6 nitrogen and oxygen atoms in total. The maximum atomic E-state index is 9.33. The zero-order chi connectivity index (χ0) is 22.8. The van der Waals surface area contributed by atoms with Gasteiger partial charge in [0.25, 0.3) is 0 Å². The molecule has 0 spiro atoms. The van der Waals surface area contributed by atoms with Crippen LogP contribution in [0.2, 0.25) is 0 Å². The fraction of sp³-hybridized carbons (Fsp3) is 0.500. The normalized spacial score (nSPS) is 15.0. The van der Waals surface area contributed by atoms with E-state index in [2.05, 4.69) is 65.8 Å². The third kappa shape index (κ3) is 6.89. The number of nitrogens with zero attached hydrogens (tertiary/aromatic N) is 2. The van der Waals surface area contributed by atoms with Crippen molar-refractivity contribution < 1.29 is 9.84 Å². The molecular weight excluding hydrogens is 400 g/mol. The lowest BCUT2D eigenvalue weighted by Gasteiger charge is -2.32. The Morgan fingerprint density at radius 3 is 2.53 bits per heavy atom. The smallest absolute Gasteiger partial charge is 0.191 e. The van der Waals surface area contributed by atoms with Crippen LogP contribution in [-0.2, 0) is 13.0 Å². The van der Waals surface area contributed by atoms with Crippen LogP contribution >= 0.6 is 0 Å². The van der Waals surface area contributed by atoms with Crippen molar-refractivity contribution in [2.75, 3.05) is 44.8 Å². The molecule has 1 heterocycles. The number of aryl methyl sites for hydroxylation is 1. The Kier molecular flexibility index (Phi) is 9.23. The number of rotatable bonds is 9. The predicted molar refractivity (Wildman–Crippen MR) is 133 cm³/mol. The van der Waals surface area contributed by atoms with Crippen molar-refractivity contribution in [2.24, 2.45) is 10.9 Å². The van der Waals surface area contributed by atoms with Crippen molar-refractivity contribution in [3.8, 4) is 5.75 Å². The highest BCUT2D eigenvalue weighted by Crippen LogP contribution is 2.23. The van der Waals surface area contributed by atoms with Crippen molar-refractivity contribution >= 4 is 11.6 Å². The third-order valence-electron chi connectivity index (χ3n) is 6.06. The molecule has 0 saturated carbocycles. The van der Waals surface area contributed by atoms with E-state index in [0.717, 1.165) is 57.2 Å². The monoisotopic (exact) mass is 438 g/mol. The summed E-state index contributed by atoms with van der Waals surface area (Å²) in [5.74, 6) is 2.22. The van der Waals surface area contributed by atoms with E-state index in [1.54, 1.807) is 7.11 Å². The Morgan fingerprint density at radius 1 is 1.12 bits per heavy atom. The molecule has 2 aromatic rings. The van der Waals surface area contributed by atoms with Gasteiger partial charge in [-0.05, 0) is 68.4 Å². The quantitative estimate of drug-likeness (QED) is 0.413. The first-order valence-corrected chi connectivity index (χ1v) is 11.7. The van der Waals surface area contributed by atoms with E-state index in [1.807, 2.05) is 6.07 Å². The number of hydrogen-bond donors (Lipinski definition) is 3. The Balaban J connectivity index is 1.53. The van der Waals surface area contributed by atoms with Crippen LogP contribution in [0.25, 0.3) is 0 Å². The average molecular weight is 439 g/mol. The lowest BCUT2D eigenvalue weighted by molar-refractivity contribution is 0.203. The second-order valence-corrected chi connectivity index (χ2v) is 8.47. The number of benzene rings is 2. The molecule has 1 aliphatic heterocycles. The molecule has 0 radical (unpaired) electrons. The highest BCUT2D eigenvalue weighted by atomic mass is 16.5. The molecule has 1 aliphatic rings. The molecule has 0 amide bonds. The molecule has 0 atom stereocenters. The molecule has 0 bridgehead atoms. The summed E-state index contributed by atoms with van der Waals surface area (Å²) < 4.78 is 5.49. The van der Waals surface area contributed by atoms with Gasteiger partial charge in [-0.25, -0.2) is 4.99 Å². The first kappa shape index (κ1) is 23.9. The van der Waals surface area contributed by atoms with Gasteiger partial charge in [0, 0.05) is 38.5 Å². The first-order valence-electron chi connectivity index (χ1n) is 11.7. The van der Waals surface area contributed by atoms with Gasteiger partial charge < -0.3 is 25.4 Å². The van der Waals surface area contributed by atoms with Gasteiger partial charge in [-0.3, -0.25) is 0 Å². The van der Waals surface area contributed by atoms with E-state index in [0.29, 0.717) is 19.1 Å². The second-order valence-electron chi connectivity index (χ2n) is 8.47. The molecule has 2 aromatic carbocycles. The number of aliphatic hydroxyl groups is 1. The summed E-state index contributed by atoms with van der Waals surface area (Å²) in [7, 11) is 1.72. The third-order valence-corrected chi connectivity index (χ3v) is 6.06. The average Bonchev–Trinajstić information content (AvgIpc) is 2.83. The van der Waals surface area contributed by atoms with Crippen LogP contribution in [0, 0.1) is 12.8 Å². The summed E-state index contributed by atoms with van der Waals surface area (Å²) in [6, 6.07) is 15.0. The Morgan fingerprint density at radius 2 is 1.88 bits per heavy atom. The second kappa shape index (κ2) is 12.3. The van der Waals surface area contributed by atoms with Crippen molar-refractivity contribution in [1.82, 2.24) is 10.6 Å².